The van der Waals surface area contributed by atoms with Gasteiger partial charge >= 0.3 is 0 Å². The molecule has 0 aliphatic carbocycles. The van der Waals surface area contributed by atoms with Gasteiger partial charge in [0.1, 0.15) is 16.6 Å². The highest BCUT2D eigenvalue weighted by Gasteiger charge is 2.21. The summed E-state index contributed by atoms with van der Waals surface area (Å²) >= 11 is 1.37. The standard InChI is InChI=1S/C25H25N3O5S/c1-5-33-18-9-7-17(8-10-18)27-23(29)15(2)28-14-26-24-22(25(28)30)19(13-34-24)16-6-11-20(31-3)21(12-16)32-4/h6-15H,5H2,1-4H3,(H,27,29). The van der Waals surface area contributed by atoms with E-state index in [0.29, 0.717) is 34.0 Å². The van der Waals surface area contributed by atoms with Gasteiger partial charge in [0.05, 0.1) is 32.5 Å². The molecule has 34 heavy (non-hydrogen) atoms. The molecule has 1 amide bonds. The maximum absolute atomic E-state index is 13.5. The first-order valence-corrected chi connectivity index (χ1v) is 11.6. The highest BCUT2D eigenvalue weighted by Crippen LogP contribution is 2.36. The molecule has 9 heteroatoms. The molecule has 4 aromatic rings. The second-order valence-corrected chi connectivity index (χ2v) is 8.34. The molecule has 0 spiro atoms. The lowest BCUT2D eigenvalue weighted by Gasteiger charge is -2.15. The second kappa shape index (κ2) is 9.96. The van der Waals surface area contributed by atoms with Crippen molar-refractivity contribution in [2.75, 3.05) is 26.1 Å². The number of nitrogens with zero attached hydrogens (tertiary/aromatic N) is 2. The van der Waals surface area contributed by atoms with Crippen molar-refractivity contribution in [1.29, 1.82) is 0 Å². The van der Waals surface area contributed by atoms with Gasteiger partial charge in [-0.05, 0) is 55.8 Å². The maximum atomic E-state index is 13.5. The fraction of sp³-hybridized carbons (Fsp3) is 0.240. The average Bonchev–Trinajstić information content (AvgIpc) is 3.30. The molecule has 0 aliphatic rings. The number of fused-ring (bicyclic) bond motifs is 1. The van der Waals surface area contributed by atoms with E-state index in [9.17, 15) is 9.59 Å². The number of carbonyl (C=O) groups is 1. The summed E-state index contributed by atoms with van der Waals surface area (Å²) in [7, 11) is 3.13. The molecule has 0 fully saturated rings. The number of thiophene rings is 1. The van der Waals surface area contributed by atoms with E-state index in [1.807, 2.05) is 24.4 Å². The molecule has 0 bridgehead atoms. The van der Waals surface area contributed by atoms with Gasteiger partial charge in [0.2, 0.25) is 5.91 Å². The minimum absolute atomic E-state index is 0.287. The van der Waals surface area contributed by atoms with Crippen LogP contribution in [0.3, 0.4) is 0 Å². The van der Waals surface area contributed by atoms with Crippen molar-refractivity contribution >= 4 is 33.1 Å². The minimum Gasteiger partial charge on any atom is -0.494 e. The number of carbonyl (C=O) groups excluding carboxylic acids is 1. The van der Waals surface area contributed by atoms with Crippen LogP contribution in [0.5, 0.6) is 17.2 Å². The zero-order valence-corrected chi connectivity index (χ0v) is 20.1. The Morgan fingerprint density at radius 2 is 1.85 bits per heavy atom. The lowest BCUT2D eigenvalue weighted by atomic mass is 10.1. The predicted octanol–water partition coefficient (Wildman–Crippen LogP) is 4.74. The van der Waals surface area contributed by atoms with Crippen LogP contribution in [-0.4, -0.2) is 36.3 Å². The summed E-state index contributed by atoms with van der Waals surface area (Å²) in [6.07, 6.45) is 1.42. The number of anilines is 1. The van der Waals surface area contributed by atoms with Gasteiger partial charge in [0, 0.05) is 16.6 Å². The largest absolute Gasteiger partial charge is 0.494 e. The Labute approximate surface area is 200 Å². The number of methoxy groups -OCH3 is 2. The van der Waals surface area contributed by atoms with Crippen molar-refractivity contribution in [3.8, 4) is 28.4 Å². The Balaban J connectivity index is 1.65. The van der Waals surface area contributed by atoms with Crippen LogP contribution in [0.25, 0.3) is 21.3 Å². The molecule has 1 N–H and O–H groups in total. The normalized spacial score (nSPS) is 11.8. The van der Waals surface area contributed by atoms with Gasteiger partial charge in [-0.25, -0.2) is 4.98 Å². The van der Waals surface area contributed by atoms with Crippen LogP contribution in [0, 0.1) is 0 Å². The Bertz CT molecular complexity index is 1380. The topological polar surface area (TPSA) is 91.7 Å². The van der Waals surface area contributed by atoms with Gasteiger partial charge in [0.25, 0.3) is 5.56 Å². The van der Waals surface area contributed by atoms with E-state index in [1.54, 1.807) is 51.5 Å². The van der Waals surface area contributed by atoms with E-state index in [0.717, 1.165) is 16.9 Å². The van der Waals surface area contributed by atoms with Crippen LogP contribution >= 0.6 is 11.3 Å². The van der Waals surface area contributed by atoms with E-state index in [-0.39, 0.29) is 11.5 Å². The van der Waals surface area contributed by atoms with E-state index in [1.165, 1.54) is 22.2 Å². The Kier molecular flexibility index (Phi) is 6.83. The monoisotopic (exact) mass is 479 g/mol. The molecule has 2 heterocycles. The minimum atomic E-state index is -0.769. The first-order valence-electron chi connectivity index (χ1n) is 10.7. The van der Waals surface area contributed by atoms with Crippen LogP contribution in [0.1, 0.15) is 19.9 Å². The van der Waals surface area contributed by atoms with Crippen molar-refractivity contribution in [2.45, 2.75) is 19.9 Å². The van der Waals surface area contributed by atoms with E-state index < -0.39 is 6.04 Å². The van der Waals surface area contributed by atoms with Gasteiger partial charge in [0.15, 0.2) is 11.5 Å². The second-order valence-electron chi connectivity index (χ2n) is 7.48. The third kappa shape index (κ3) is 4.47. The molecule has 1 atom stereocenters. The molecule has 176 valence electrons. The zero-order chi connectivity index (χ0) is 24.2. The van der Waals surface area contributed by atoms with Gasteiger partial charge in [-0.15, -0.1) is 11.3 Å². The molecule has 0 saturated heterocycles. The lowest BCUT2D eigenvalue weighted by Crippen LogP contribution is -2.31. The number of aromatic nitrogens is 2. The summed E-state index contributed by atoms with van der Waals surface area (Å²) < 4.78 is 17.5. The van der Waals surface area contributed by atoms with Crippen LogP contribution in [0.15, 0.2) is 59.0 Å². The van der Waals surface area contributed by atoms with Gasteiger partial charge in [-0.2, -0.15) is 0 Å². The average molecular weight is 480 g/mol. The van der Waals surface area contributed by atoms with Crippen LogP contribution < -0.4 is 25.1 Å². The molecule has 1 unspecified atom stereocenters. The summed E-state index contributed by atoms with van der Waals surface area (Å²) in [6, 6.07) is 11.8. The van der Waals surface area contributed by atoms with Gasteiger partial charge in [-0.3, -0.25) is 14.2 Å². The zero-order valence-electron chi connectivity index (χ0n) is 19.3. The number of benzene rings is 2. The summed E-state index contributed by atoms with van der Waals surface area (Å²) in [6.45, 7) is 4.14. The third-order valence-corrected chi connectivity index (χ3v) is 6.33. The molecule has 0 aliphatic heterocycles. The van der Waals surface area contributed by atoms with E-state index in [2.05, 4.69) is 10.3 Å². The Hall–Kier alpha value is -3.85. The fourth-order valence-electron chi connectivity index (χ4n) is 3.61. The van der Waals surface area contributed by atoms with Crippen LogP contribution in [-0.2, 0) is 4.79 Å². The highest BCUT2D eigenvalue weighted by molar-refractivity contribution is 7.17. The van der Waals surface area contributed by atoms with E-state index in [4.69, 9.17) is 14.2 Å². The molecular weight excluding hydrogens is 454 g/mol. The highest BCUT2D eigenvalue weighted by atomic mass is 32.1. The number of amides is 1. The number of rotatable bonds is 8. The smallest absolute Gasteiger partial charge is 0.263 e. The quantitative estimate of drug-likeness (QED) is 0.392. The molecule has 8 nitrogen and oxygen atoms in total. The van der Waals surface area contributed by atoms with Crippen molar-refractivity contribution in [1.82, 2.24) is 9.55 Å². The van der Waals surface area contributed by atoms with E-state index >= 15 is 0 Å². The first kappa shape index (κ1) is 23.3. The lowest BCUT2D eigenvalue weighted by molar-refractivity contribution is -0.118. The van der Waals surface area contributed by atoms with Gasteiger partial charge in [-0.1, -0.05) is 6.07 Å². The third-order valence-electron chi connectivity index (χ3n) is 5.44. The van der Waals surface area contributed by atoms with Crippen LogP contribution in [0.2, 0.25) is 0 Å². The fourth-order valence-corrected chi connectivity index (χ4v) is 4.52. The van der Waals surface area contributed by atoms with Crippen molar-refractivity contribution in [3.63, 3.8) is 0 Å². The summed E-state index contributed by atoms with van der Waals surface area (Å²) in [4.78, 5) is 31.4. The number of ether oxygens (including phenoxy) is 3. The maximum Gasteiger partial charge on any atom is 0.263 e. The van der Waals surface area contributed by atoms with Crippen LogP contribution in [0.4, 0.5) is 5.69 Å². The Morgan fingerprint density at radius 3 is 2.53 bits per heavy atom. The molecule has 0 saturated carbocycles. The summed E-state index contributed by atoms with van der Waals surface area (Å²) in [5.41, 5.74) is 1.85. The number of nitrogens with one attached hydrogen (secondary N) is 1. The van der Waals surface area contributed by atoms with Crippen molar-refractivity contribution in [2.24, 2.45) is 0 Å². The predicted molar refractivity (Wildman–Crippen MR) is 133 cm³/mol. The molecule has 0 radical (unpaired) electrons. The van der Waals surface area contributed by atoms with Crippen molar-refractivity contribution < 1.29 is 19.0 Å². The number of hydrogen-bond donors (Lipinski definition) is 1. The Morgan fingerprint density at radius 1 is 1.12 bits per heavy atom. The molecule has 4 rings (SSSR count). The van der Waals surface area contributed by atoms with Crippen molar-refractivity contribution in [3.05, 3.63) is 64.5 Å². The molecule has 2 aromatic heterocycles. The summed E-state index contributed by atoms with van der Waals surface area (Å²) in [5.74, 6) is 1.56. The number of hydrogen-bond acceptors (Lipinski definition) is 7. The first-order chi connectivity index (χ1) is 16.5. The van der Waals surface area contributed by atoms with Gasteiger partial charge < -0.3 is 19.5 Å². The molecular formula is C25H25N3O5S. The summed E-state index contributed by atoms with van der Waals surface area (Å²) in [5, 5.41) is 5.19. The molecule has 2 aromatic carbocycles. The SMILES string of the molecule is CCOc1ccc(NC(=O)C(C)n2cnc3scc(-c4ccc(OC)c(OC)c4)c3c2=O)cc1.